The van der Waals surface area contributed by atoms with E-state index >= 15 is 0 Å². The van der Waals surface area contributed by atoms with Crippen LogP contribution in [0.15, 0.2) is 24.3 Å². The highest BCUT2D eigenvalue weighted by Crippen LogP contribution is 2.28. The summed E-state index contributed by atoms with van der Waals surface area (Å²) < 4.78 is 6.26. The lowest BCUT2D eigenvalue weighted by atomic mass is 9.88. The van der Waals surface area contributed by atoms with Crippen LogP contribution in [0.25, 0.3) is 0 Å². The summed E-state index contributed by atoms with van der Waals surface area (Å²) in [5.41, 5.74) is 0.797. The molecule has 1 amide bonds. The van der Waals surface area contributed by atoms with Crippen LogP contribution in [0.2, 0.25) is 0 Å². The normalized spacial score (nSPS) is 24.4. The Hall–Kier alpha value is -1.88. The number of hydrogen-bond acceptors (Lipinski definition) is 3. The Morgan fingerprint density at radius 2 is 1.65 bits per heavy atom. The Kier molecular flexibility index (Phi) is 6.30. The monoisotopic (exact) mass is 359 g/mol. The molecule has 142 valence electrons. The highest BCUT2D eigenvalue weighted by Gasteiger charge is 2.27. The second kappa shape index (κ2) is 8.67. The van der Waals surface area contributed by atoms with Crippen molar-refractivity contribution in [1.29, 1.82) is 0 Å². The summed E-state index contributed by atoms with van der Waals surface area (Å²) in [6, 6.07) is 6.74. The van der Waals surface area contributed by atoms with Crippen LogP contribution in [-0.4, -0.2) is 47.2 Å². The summed E-state index contributed by atoms with van der Waals surface area (Å²) >= 11 is 0. The molecule has 5 nitrogen and oxygen atoms in total. The van der Waals surface area contributed by atoms with Crippen LogP contribution in [0.3, 0.4) is 0 Å². The third-order valence-electron chi connectivity index (χ3n) is 5.73. The number of aromatic carboxylic acids is 1. The first-order valence-electron chi connectivity index (χ1n) is 9.77. The van der Waals surface area contributed by atoms with Gasteiger partial charge in [0.25, 0.3) is 0 Å². The molecule has 1 aromatic rings. The molecule has 0 bridgehead atoms. The first kappa shape index (κ1) is 18.9. The van der Waals surface area contributed by atoms with Gasteiger partial charge in [-0.3, -0.25) is 4.79 Å². The summed E-state index contributed by atoms with van der Waals surface area (Å²) in [5.74, 6) is -0.158. The molecule has 1 N–H and O–H groups in total. The number of carbonyl (C=O) groups excluding carboxylic acids is 1. The van der Waals surface area contributed by atoms with Gasteiger partial charge in [-0.2, -0.15) is 0 Å². The Bertz CT molecular complexity index is 629. The zero-order valence-corrected chi connectivity index (χ0v) is 15.5. The molecular formula is C21H29NO4. The third-order valence-corrected chi connectivity index (χ3v) is 5.73. The van der Waals surface area contributed by atoms with Crippen molar-refractivity contribution in [3.63, 3.8) is 0 Å². The fourth-order valence-electron chi connectivity index (χ4n) is 4.04. The highest BCUT2D eigenvalue weighted by molar-refractivity contribution is 5.91. The fourth-order valence-corrected chi connectivity index (χ4v) is 4.04. The van der Waals surface area contributed by atoms with E-state index in [1.54, 1.807) is 24.3 Å². The van der Waals surface area contributed by atoms with Crippen LogP contribution in [-0.2, 0) is 16.0 Å². The quantitative estimate of drug-likeness (QED) is 0.873. The predicted octanol–water partition coefficient (Wildman–Crippen LogP) is 3.51. The molecule has 26 heavy (non-hydrogen) atoms. The van der Waals surface area contributed by atoms with Gasteiger partial charge in [0, 0.05) is 13.1 Å². The minimum Gasteiger partial charge on any atom is -0.478 e. The van der Waals surface area contributed by atoms with Gasteiger partial charge in [0.15, 0.2) is 0 Å². The first-order chi connectivity index (χ1) is 12.5. The van der Waals surface area contributed by atoms with Crippen LogP contribution in [0, 0.1) is 5.92 Å². The summed E-state index contributed by atoms with van der Waals surface area (Å²) in [5, 5.41) is 9.25. The number of hydrogen-bond donors (Lipinski definition) is 1. The van der Waals surface area contributed by atoms with Crippen LogP contribution in [0.1, 0.15) is 61.4 Å². The minimum absolute atomic E-state index is 0.00337. The largest absolute Gasteiger partial charge is 0.478 e. The lowest BCUT2D eigenvalue weighted by Gasteiger charge is -2.35. The molecule has 2 fully saturated rings. The van der Waals surface area contributed by atoms with Gasteiger partial charge in [-0.1, -0.05) is 25.1 Å². The maximum Gasteiger partial charge on any atom is 0.335 e. The second-order valence-corrected chi connectivity index (χ2v) is 7.74. The number of carbonyl (C=O) groups is 2. The van der Waals surface area contributed by atoms with Gasteiger partial charge in [-0.05, 0) is 56.1 Å². The van der Waals surface area contributed by atoms with Gasteiger partial charge in [0.05, 0.1) is 24.2 Å². The van der Waals surface area contributed by atoms with Gasteiger partial charge in [-0.25, -0.2) is 4.79 Å². The topological polar surface area (TPSA) is 66.8 Å². The summed E-state index contributed by atoms with van der Waals surface area (Å²) in [7, 11) is 0. The molecule has 0 atom stereocenters. The van der Waals surface area contributed by atoms with E-state index in [0.717, 1.165) is 31.6 Å². The molecule has 0 aromatic heterocycles. The molecule has 3 rings (SSSR count). The van der Waals surface area contributed by atoms with Crippen molar-refractivity contribution < 1.29 is 19.4 Å². The number of piperidine rings is 1. The number of benzene rings is 1. The molecule has 1 aliphatic carbocycles. The van der Waals surface area contributed by atoms with Gasteiger partial charge >= 0.3 is 5.97 Å². The van der Waals surface area contributed by atoms with E-state index in [4.69, 9.17) is 4.74 Å². The maximum absolute atomic E-state index is 12.6. The lowest BCUT2D eigenvalue weighted by Crippen LogP contribution is -2.42. The molecule has 1 aromatic carbocycles. The molecule has 1 aliphatic heterocycles. The van der Waals surface area contributed by atoms with Crippen molar-refractivity contribution >= 4 is 11.9 Å². The summed E-state index contributed by atoms with van der Waals surface area (Å²) in [4.78, 5) is 25.7. The third kappa shape index (κ3) is 4.85. The van der Waals surface area contributed by atoms with E-state index in [2.05, 4.69) is 6.92 Å². The van der Waals surface area contributed by atoms with E-state index in [1.807, 2.05) is 4.90 Å². The molecule has 0 radical (unpaired) electrons. The molecular weight excluding hydrogens is 330 g/mol. The van der Waals surface area contributed by atoms with E-state index < -0.39 is 5.97 Å². The zero-order valence-electron chi connectivity index (χ0n) is 15.5. The molecule has 5 heteroatoms. The van der Waals surface area contributed by atoms with Crippen molar-refractivity contribution in [2.45, 2.75) is 64.1 Å². The first-order valence-corrected chi connectivity index (χ1v) is 9.77. The van der Waals surface area contributed by atoms with Gasteiger partial charge in [0.1, 0.15) is 0 Å². The van der Waals surface area contributed by atoms with E-state index in [1.165, 1.54) is 12.8 Å². The zero-order chi connectivity index (χ0) is 18.5. The number of carboxylic acid groups (broad SMARTS) is 1. The minimum atomic E-state index is -0.984. The van der Waals surface area contributed by atoms with E-state index in [0.29, 0.717) is 24.8 Å². The SMILES string of the molecule is CC1CCC(OC2CCN(C(=O)Cc3ccccc3C(=O)O)CC2)CC1. The highest BCUT2D eigenvalue weighted by atomic mass is 16.5. The molecule has 0 spiro atoms. The Labute approximate surface area is 155 Å². The fraction of sp³-hybridized carbons (Fsp3) is 0.619. The number of carboxylic acids is 1. The van der Waals surface area contributed by atoms with Gasteiger partial charge in [0.2, 0.25) is 5.91 Å². The summed E-state index contributed by atoms with van der Waals surface area (Å²) in [6.07, 6.45) is 7.37. The predicted molar refractivity (Wildman–Crippen MR) is 99.2 cm³/mol. The standard InChI is InChI=1S/C21H29NO4/c1-15-6-8-17(9-7-15)26-18-10-12-22(13-11-18)20(23)14-16-4-2-3-5-19(16)21(24)25/h2-5,15,17-18H,6-14H2,1H3,(H,24,25). The average Bonchev–Trinajstić information content (AvgIpc) is 2.64. The van der Waals surface area contributed by atoms with Crippen LogP contribution in [0.4, 0.5) is 0 Å². The van der Waals surface area contributed by atoms with E-state index in [-0.39, 0.29) is 24.0 Å². The number of rotatable bonds is 5. The number of nitrogens with zero attached hydrogens (tertiary/aromatic N) is 1. The van der Waals surface area contributed by atoms with Crippen LogP contribution < -0.4 is 0 Å². The van der Waals surface area contributed by atoms with Crippen LogP contribution in [0.5, 0.6) is 0 Å². The average molecular weight is 359 g/mol. The Morgan fingerprint density at radius 3 is 2.31 bits per heavy atom. The van der Waals surface area contributed by atoms with E-state index in [9.17, 15) is 14.7 Å². The molecule has 2 aliphatic rings. The summed E-state index contributed by atoms with van der Waals surface area (Å²) in [6.45, 7) is 3.70. The van der Waals surface area contributed by atoms with Crippen molar-refractivity contribution in [2.24, 2.45) is 5.92 Å². The van der Waals surface area contributed by atoms with Crippen molar-refractivity contribution in [2.75, 3.05) is 13.1 Å². The van der Waals surface area contributed by atoms with Crippen LogP contribution >= 0.6 is 0 Å². The molecule has 1 saturated heterocycles. The van der Waals surface area contributed by atoms with Crippen molar-refractivity contribution in [3.8, 4) is 0 Å². The smallest absolute Gasteiger partial charge is 0.335 e. The van der Waals surface area contributed by atoms with Gasteiger partial charge in [-0.15, -0.1) is 0 Å². The van der Waals surface area contributed by atoms with Gasteiger partial charge < -0.3 is 14.7 Å². The second-order valence-electron chi connectivity index (χ2n) is 7.74. The Morgan fingerprint density at radius 1 is 1.04 bits per heavy atom. The molecule has 1 saturated carbocycles. The van der Waals surface area contributed by atoms with Crippen molar-refractivity contribution in [1.82, 2.24) is 4.90 Å². The maximum atomic E-state index is 12.6. The number of likely N-dealkylation sites (tertiary alicyclic amines) is 1. The van der Waals surface area contributed by atoms with Crippen molar-refractivity contribution in [3.05, 3.63) is 35.4 Å². The lowest BCUT2D eigenvalue weighted by molar-refractivity contribution is -0.134. The molecule has 1 heterocycles. The number of amides is 1. The molecule has 0 unspecified atom stereocenters. The Balaban J connectivity index is 1.47. The number of ether oxygens (including phenoxy) is 1.